The smallest absolute Gasteiger partial charge is 0.159 e. The summed E-state index contributed by atoms with van der Waals surface area (Å²) in [5.74, 6) is 0.0419. The zero-order chi connectivity index (χ0) is 11.1. The van der Waals surface area contributed by atoms with Crippen LogP contribution in [0.1, 0.15) is 22.8 Å². The summed E-state index contributed by atoms with van der Waals surface area (Å²) in [6.45, 7) is 1.85. The maximum absolute atomic E-state index is 11.1. The standard InChI is InChI=1S/C11H11N3O/c1-9(15)11-6-2-4-10(8-11)5-3-7-13-14-12/h2-6,8H,7H2,1H3. The van der Waals surface area contributed by atoms with Crippen LogP contribution in [0.25, 0.3) is 16.5 Å². The van der Waals surface area contributed by atoms with E-state index in [4.69, 9.17) is 5.53 Å². The number of rotatable bonds is 4. The van der Waals surface area contributed by atoms with Crippen molar-refractivity contribution in [2.75, 3.05) is 6.54 Å². The number of ketones is 1. The number of hydrogen-bond donors (Lipinski definition) is 0. The zero-order valence-corrected chi connectivity index (χ0v) is 8.42. The van der Waals surface area contributed by atoms with Gasteiger partial charge in [-0.25, -0.2) is 0 Å². The van der Waals surface area contributed by atoms with Gasteiger partial charge >= 0.3 is 0 Å². The monoisotopic (exact) mass is 201 g/mol. The van der Waals surface area contributed by atoms with Crippen molar-refractivity contribution in [3.8, 4) is 0 Å². The van der Waals surface area contributed by atoms with Crippen LogP contribution in [-0.4, -0.2) is 12.3 Å². The molecule has 4 heteroatoms. The Kier molecular flexibility index (Phi) is 4.13. The van der Waals surface area contributed by atoms with E-state index in [1.54, 1.807) is 18.2 Å². The molecule has 0 aliphatic rings. The molecule has 4 nitrogen and oxygen atoms in total. The molecule has 0 aliphatic carbocycles. The van der Waals surface area contributed by atoms with Crippen LogP contribution in [0, 0.1) is 0 Å². The summed E-state index contributed by atoms with van der Waals surface area (Å²) in [7, 11) is 0. The van der Waals surface area contributed by atoms with Gasteiger partial charge in [0.1, 0.15) is 0 Å². The number of hydrogen-bond acceptors (Lipinski definition) is 2. The first-order chi connectivity index (χ1) is 7.24. The third-order valence-corrected chi connectivity index (χ3v) is 1.85. The predicted octanol–water partition coefficient (Wildman–Crippen LogP) is 3.21. The lowest BCUT2D eigenvalue weighted by molar-refractivity contribution is 0.101. The number of carbonyl (C=O) groups is 1. The van der Waals surface area contributed by atoms with Crippen LogP contribution in [0.3, 0.4) is 0 Å². The van der Waals surface area contributed by atoms with Gasteiger partial charge in [0.25, 0.3) is 0 Å². The Morgan fingerprint density at radius 3 is 3.07 bits per heavy atom. The highest BCUT2D eigenvalue weighted by atomic mass is 16.1. The largest absolute Gasteiger partial charge is 0.295 e. The van der Waals surface area contributed by atoms with Gasteiger partial charge in [0.2, 0.25) is 0 Å². The van der Waals surface area contributed by atoms with Gasteiger partial charge in [-0.2, -0.15) is 0 Å². The molecule has 0 heterocycles. The van der Waals surface area contributed by atoms with E-state index in [-0.39, 0.29) is 5.78 Å². The van der Waals surface area contributed by atoms with Crippen molar-refractivity contribution >= 4 is 11.9 Å². The summed E-state index contributed by atoms with van der Waals surface area (Å²) >= 11 is 0. The molecule has 0 fully saturated rings. The molecule has 1 aromatic rings. The molecule has 0 N–H and O–H groups in total. The quantitative estimate of drug-likeness (QED) is 0.319. The molecular weight excluding hydrogens is 190 g/mol. The molecule has 0 aromatic heterocycles. The van der Waals surface area contributed by atoms with E-state index < -0.39 is 0 Å². The molecule has 1 rings (SSSR count). The van der Waals surface area contributed by atoms with Gasteiger partial charge in [-0.1, -0.05) is 35.5 Å². The van der Waals surface area contributed by atoms with E-state index in [1.165, 1.54) is 6.92 Å². The van der Waals surface area contributed by atoms with Crippen LogP contribution in [0.4, 0.5) is 0 Å². The fourth-order valence-corrected chi connectivity index (χ4v) is 1.13. The number of benzene rings is 1. The van der Waals surface area contributed by atoms with Crippen molar-refractivity contribution in [1.29, 1.82) is 0 Å². The molecule has 0 aliphatic heterocycles. The Labute approximate surface area is 87.9 Å². The number of carbonyl (C=O) groups excluding carboxylic acids is 1. The van der Waals surface area contributed by atoms with Gasteiger partial charge in [-0.05, 0) is 24.1 Å². The molecule has 1 aromatic carbocycles. The normalized spacial score (nSPS) is 9.93. The van der Waals surface area contributed by atoms with Crippen molar-refractivity contribution in [2.24, 2.45) is 5.11 Å². The average molecular weight is 201 g/mol. The van der Waals surface area contributed by atoms with E-state index in [0.29, 0.717) is 12.1 Å². The van der Waals surface area contributed by atoms with Crippen LogP contribution in [0.2, 0.25) is 0 Å². The van der Waals surface area contributed by atoms with Crippen molar-refractivity contribution in [3.05, 3.63) is 51.9 Å². The maximum Gasteiger partial charge on any atom is 0.159 e. The second kappa shape index (κ2) is 5.62. The average Bonchev–Trinajstić information content (AvgIpc) is 2.25. The first-order valence-electron chi connectivity index (χ1n) is 4.52. The summed E-state index contributed by atoms with van der Waals surface area (Å²) < 4.78 is 0. The lowest BCUT2D eigenvalue weighted by Crippen LogP contribution is -1.91. The van der Waals surface area contributed by atoms with Crippen LogP contribution in [0.15, 0.2) is 35.5 Å². The molecule has 76 valence electrons. The van der Waals surface area contributed by atoms with Gasteiger partial charge in [-0.15, -0.1) is 0 Å². The second-order valence-electron chi connectivity index (χ2n) is 3.00. The number of azide groups is 1. The van der Waals surface area contributed by atoms with Gasteiger partial charge < -0.3 is 0 Å². The van der Waals surface area contributed by atoms with E-state index in [9.17, 15) is 4.79 Å². The minimum atomic E-state index is 0.0419. The summed E-state index contributed by atoms with van der Waals surface area (Å²) in [5.41, 5.74) is 9.67. The zero-order valence-electron chi connectivity index (χ0n) is 8.42. The van der Waals surface area contributed by atoms with Crippen LogP contribution in [0.5, 0.6) is 0 Å². The van der Waals surface area contributed by atoms with E-state index in [1.807, 2.05) is 18.2 Å². The molecule has 0 radical (unpaired) electrons. The molecule has 0 amide bonds. The number of nitrogens with zero attached hydrogens (tertiary/aromatic N) is 3. The Hall–Kier alpha value is -2.06. The topological polar surface area (TPSA) is 65.8 Å². The SMILES string of the molecule is CC(=O)c1cccc(C=CCN=[N+]=[N-])c1. The van der Waals surface area contributed by atoms with Crippen molar-refractivity contribution < 1.29 is 4.79 Å². The minimum Gasteiger partial charge on any atom is -0.295 e. The molecule has 0 saturated carbocycles. The van der Waals surface area contributed by atoms with Crippen LogP contribution < -0.4 is 0 Å². The highest BCUT2D eigenvalue weighted by molar-refractivity contribution is 5.94. The molecule has 0 unspecified atom stereocenters. The van der Waals surface area contributed by atoms with Crippen LogP contribution in [-0.2, 0) is 0 Å². The molecule has 0 spiro atoms. The van der Waals surface area contributed by atoms with Crippen LogP contribution >= 0.6 is 0 Å². The first-order valence-corrected chi connectivity index (χ1v) is 4.52. The first kappa shape index (κ1) is 11.0. The Morgan fingerprint density at radius 2 is 2.40 bits per heavy atom. The third-order valence-electron chi connectivity index (χ3n) is 1.85. The highest BCUT2D eigenvalue weighted by Gasteiger charge is 1.97. The molecule has 0 atom stereocenters. The Morgan fingerprint density at radius 1 is 1.60 bits per heavy atom. The summed E-state index contributed by atoms with van der Waals surface area (Å²) in [5, 5.41) is 3.37. The Balaban J connectivity index is 2.77. The van der Waals surface area contributed by atoms with Gasteiger partial charge in [0.15, 0.2) is 5.78 Å². The molecule has 0 saturated heterocycles. The third kappa shape index (κ3) is 3.67. The fourth-order valence-electron chi connectivity index (χ4n) is 1.13. The maximum atomic E-state index is 11.1. The van der Waals surface area contributed by atoms with E-state index in [2.05, 4.69) is 10.0 Å². The molecule has 0 bridgehead atoms. The van der Waals surface area contributed by atoms with Crippen molar-refractivity contribution in [1.82, 2.24) is 0 Å². The van der Waals surface area contributed by atoms with E-state index in [0.717, 1.165) is 5.56 Å². The van der Waals surface area contributed by atoms with E-state index >= 15 is 0 Å². The molecule has 15 heavy (non-hydrogen) atoms. The van der Waals surface area contributed by atoms with Crippen molar-refractivity contribution in [3.63, 3.8) is 0 Å². The van der Waals surface area contributed by atoms with Gasteiger partial charge in [0.05, 0.1) is 0 Å². The van der Waals surface area contributed by atoms with Crippen molar-refractivity contribution in [2.45, 2.75) is 6.92 Å². The summed E-state index contributed by atoms with van der Waals surface area (Å²) in [6, 6.07) is 7.28. The lowest BCUT2D eigenvalue weighted by Gasteiger charge is -1.96. The molecular formula is C11H11N3O. The highest BCUT2D eigenvalue weighted by Crippen LogP contribution is 2.07. The Bertz CT molecular complexity index is 431. The summed E-state index contributed by atoms with van der Waals surface area (Å²) in [4.78, 5) is 13.7. The number of Topliss-reactive ketones (excluding diaryl/α,β-unsaturated/α-hetero) is 1. The minimum absolute atomic E-state index is 0.0419. The fraction of sp³-hybridized carbons (Fsp3) is 0.182. The second-order valence-corrected chi connectivity index (χ2v) is 3.00. The predicted molar refractivity (Wildman–Crippen MR) is 59.5 cm³/mol. The lowest BCUT2D eigenvalue weighted by atomic mass is 10.1. The van der Waals surface area contributed by atoms with Gasteiger partial charge in [-0.3, -0.25) is 4.79 Å². The summed E-state index contributed by atoms with van der Waals surface area (Å²) in [6.07, 6.45) is 3.57. The van der Waals surface area contributed by atoms with Gasteiger partial charge in [0, 0.05) is 17.0 Å².